The van der Waals surface area contributed by atoms with Crippen LogP contribution >= 0.6 is 0 Å². The van der Waals surface area contributed by atoms with Gasteiger partial charge in [0.15, 0.2) is 0 Å². The summed E-state index contributed by atoms with van der Waals surface area (Å²) >= 11 is 0. The molecule has 2 aliphatic rings. The summed E-state index contributed by atoms with van der Waals surface area (Å²) in [5, 5.41) is 0. The average Bonchev–Trinajstić information content (AvgIpc) is 3.30. The number of aromatic nitrogens is 1. The quantitative estimate of drug-likeness (QED) is 0.649. The smallest absolute Gasteiger partial charge is 0.227 e. The molecular formula is C26H35N3O2. The number of hydrogen-bond donors (Lipinski definition) is 0. The maximum absolute atomic E-state index is 13.2. The first-order valence-corrected chi connectivity index (χ1v) is 11.7. The lowest BCUT2D eigenvalue weighted by molar-refractivity contribution is -0.133. The Morgan fingerprint density at radius 3 is 2.58 bits per heavy atom. The third-order valence-electron chi connectivity index (χ3n) is 6.75. The zero-order chi connectivity index (χ0) is 21.5. The van der Waals surface area contributed by atoms with Gasteiger partial charge in [-0.25, -0.2) is 0 Å². The molecule has 1 unspecified atom stereocenters. The molecular weight excluding hydrogens is 386 g/mol. The molecule has 1 amide bonds. The van der Waals surface area contributed by atoms with E-state index in [-0.39, 0.29) is 12.0 Å². The fourth-order valence-electron chi connectivity index (χ4n) is 4.77. The van der Waals surface area contributed by atoms with Gasteiger partial charge in [-0.3, -0.25) is 14.7 Å². The molecule has 1 aromatic heterocycles. The van der Waals surface area contributed by atoms with Crippen LogP contribution in [-0.2, 0) is 22.5 Å². The highest BCUT2D eigenvalue weighted by Crippen LogP contribution is 2.23. The SMILES string of the molecule is Cc1ccccc1CN1CCC(CN(CC2CCCO2)C(=O)Cc2ccncc2)CC1. The van der Waals surface area contributed by atoms with Crippen molar-refractivity contribution in [2.45, 2.75) is 51.7 Å². The Morgan fingerprint density at radius 2 is 1.87 bits per heavy atom. The molecule has 0 N–H and O–H groups in total. The Labute approximate surface area is 186 Å². The minimum absolute atomic E-state index is 0.197. The van der Waals surface area contributed by atoms with Crippen molar-refractivity contribution in [2.24, 2.45) is 5.92 Å². The van der Waals surface area contributed by atoms with E-state index in [0.29, 0.717) is 12.3 Å². The Kier molecular flexibility index (Phi) is 7.71. The van der Waals surface area contributed by atoms with Gasteiger partial charge in [-0.2, -0.15) is 0 Å². The molecule has 2 saturated heterocycles. The molecule has 5 nitrogen and oxygen atoms in total. The summed E-state index contributed by atoms with van der Waals surface area (Å²) in [6.45, 7) is 7.83. The van der Waals surface area contributed by atoms with Crippen molar-refractivity contribution < 1.29 is 9.53 Å². The number of carbonyl (C=O) groups is 1. The van der Waals surface area contributed by atoms with Crippen LogP contribution < -0.4 is 0 Å². The number of nitrogens with zero attached hydrogens (tertiary/aromatic N) is 3. The molecule has 2 aromatic rings. The predicted octanol–water partition coefficient (Wildman–Crippen LogP) is 3.85. The second-order valence-electron chi connectivity index (χ2n) is 9.11. The molecule has 1 aromatic carbocycles. The molecule has 31 heavy (non-hydrogen) atoms. The van der Waals surface area contributed by atoms with Gasteiger partial charge >= 0.3 is 0 Å². The van der Waals surface area contributed by atoms with E-state index in [2.05, 4.69) is 46.0 Å². The van der Waals surface area contributed by atoms with Crippen LogP contribution in [0, 0.1) is 12.8 Å². The molecule has 0 radical (unpaired) electrons. The normalized spacial score (nSPS) is 20.1. The van der Waals surface area contributed by atoms with Gasteiger partial charge in [0, 0.05) is 38.6 Å². The minimum atomic E-state index is 0.197. The Morgan fingerprint density at radius 1 is 1.10 bits per heavy atom. The van der Waals surface area contributed by atoms with E-state index in [4.69, 9.17) is 4.74 Å². The van der Waals surface area contributed by atoms with Crippen molar-refractivity contribution in [3.8, 4) is 0 Å². The summed E-state index contributed by atoms with van der Waals surface area (Å²) < 4.78 is 5.86. The monoisotopic (exact) mass is 421 g/mol. The highest BCUT2D eigenvalue weighted by atomic mass is 16.5. The van der Waals surface area contributed by atoms with E-state index in [0.717, 1.165) is 70.6 Å². The molecule has 0 spiro atoms. The van der Waals surface area contributed by atoms with E-state index in [1.165, 1.54) is 11.1 Å². The second-order valence-corrected chi connectivity index (χ2v) is 9.11. The van der Waals surface area contributed by atoms with E-state index in [9.17, 15) is 4.79 Å². The minimum Gasteiger partial charge on any atom is -0.376 e. The van der Waals surface area contributed by atoms with Gasteiger partial charge in [-0.15, -0.1) is 0 Å². The number of piperidine rings is 1. The van der Waals surface area contributed by atoms with E-state index in [1.807, 2.05) is 12.1 Å². The molecule has 0 aliphatic carbocycles. The number of benzene rings is 1. The maximum Gasteiger partial charge on any atom is 0.227 e. The number of likely N-dealkylation sites (tertiary alicyclic amines) is 1. The van der Waals surface area contributed by atoms with Crippen LogP contribution in [0.4, 0.5) is 0 Å². The van der Waals surface area contributed by atoms with Crippen molar-refractivity contribution >= 4 is 5.91 Å². The molecule has 0 bridgehead atoms. The number of hydrogen-bond acceptors (Lipinski definition) is 4. The van der Waals surface area contributed by atoms with Crippen LogP contribution in [0.25, 0.3) is 0 Å². The molecule has 3 heterocycles. The lowest BCUT2D eigenvalue weighted by Crippen LogP contribution is -2.44. The Bertz CT molecular complexity index is 828. The van der Waals surface area contributed by atoms with Crippen LogP contribution in [0.3, 0.4) is 0 Å². The predicted molar refractivity (Wildman–Crippen MR) is 123 cm³/mol. The van der Waals surface area contributed by atoms with Crippen molar-refractivity contribution in [3.63, 3.8) is 0 Å². The fourth-order valence-corrected chi connectivity index (χ4v) is 4.77. The second kappa shape index (κ2) is 10.9. The van der Waals surface area contributed by atoms with Gasteiger partial charge in [-0.1, -0.05) is 24.3 Å². The number of amides is 1. The van der Waals surface area contributed by atoms with Crippen LogP contribution in [0.2, 0.25) is 0 Å². The zero-order valence-corrected chi connectivity index (χ0v) is 18.7. The van der Waals surface area contributed by atoms with Gasteiger partial charge in [0.1, 0.15) is 0 Å². The third-order valence-corrected chi connectivity index (χ3v) is 6.75. The molecule has 0 saturated carbocycles. The molecule has 2 aliphatic heterocycles. The van der Waals surface area contributed by atoms with Crippen LogP contribution in [0.15, 0.2) is 48.8 Å². The van der Waals surface area contributed by atoms with Crippen LogP contribution in [-0.4, -0.2) is 59.6 Å². The number of rotatable bonds is 8. The first-order valence-electron chi connectivity index (χ1n) is 11.7. The number of pyridine rings is 1. The van der Waals surface area contributed by atoms with Gasteiger partial charge < -0.3 is 9.64 Å². The standard InChI is InChI=1S/C26H35N3O2/c1-21-5-2-3-6-24(21)19-28-14-10-23(11-15-28)18-29(20-25-7-4-16-31-25)26(30)17-22-8-12-27-13-9-22/h2-3,5-6,8-9,12-13,23,25H,4,7,10-11,14-20H2,1H3. The van der Waals surface area contributed by atoms with Crippen molar-refractivity contribution in [1.29, 1.82) is 0 Å². The molecule has 5 heteroatoms. The molecule has 166 valence electrons. The van der Waals surface area contributed by atoms with E-state index < -0.39 is 0 Å². The van der Waals surface area contributed by atoms with Gasteiger partial charge in [0.25, 0.3) is 0 Å². The third kappa shape index (κ3) is 6.37. The van der Waals surface area contributed by atoms with E-state index in [1.54, 1.807) is 12.4 Å². The summed E-state index contributed by atoms with van der Waals surface area (Å²) in [5.74, 6) is 0.778. The summed E-state index contributed by atoms with van der Waals surface area (Å²) in [4.78, 5) is 21.9. The number of carbonyl (C=O) groups excluding carboxylic acids is 1. The fraction of sp³-hybridized carbons (Fsp3) is 0.538. The van der Waals surface area contributed by atoms with Crippen molar-refractivity contribution in [1.82, 2.24) is 14.8 Å². The largest absolute Gasteiger partial charge is 0.376 e. The van der Waals surface area contributed by atoms with Gasteiger partial charge in [0.2, 0.25) is 5.91 Å². The summed E-state index contributed by atoms with van der Waals surface area (Å²) in [7, 11) is 0. The topological polar surface area (TPSA) is 45.7 Å². The molecule has 4 rings (SSSR count). The highest BCUT2D eigenvalue weighted by molar-refractivity contribution is 5.78. The summed E-state index contributed by atoms with van der Waals surface area (Å²) in [5.41, 5.74) is 3.83. The van der Waals surface area contributed by atoms with Crippen molar-refractivity contribution in [3.05, 3.63) is 65.5 Å². The Balaban J connectivity index is 1.32. The molecule has 2 fully saturated rings. The van der Waals surface area contributed by atoms with Crippen LogP contribution in [0.1, 0.15) is 42.4 Å². The highest BCUT2D eigenvalue weighted by Gasteiger charge is 2.27. The number of aryl methyl sites for hydroxylation is 1. The maximum atomic E-state index is 13.2. The van der Waals surface area contributed by atoms with Gasteiger partial charge in [-0.05, 0) is 80.4 Å². The zero-order valence-electron chi connectivity index (χ0n) is 18.7. The van der Waals surface area contributed by atoms with Gasteiger partial charge in [0.05, 0.1) is 12.5 Å². The molecule has 1 atom stereocenters. The lowest BCUT2D eigenvalue weighted by Gasteiger charge is -2.36. The van der Waals surface area contributed by atoms with E-state index >= 15 is 0 Å². The van der Waals surface area contributed by atoms with Crippen molar-refractivity contribution in [2.75, 3.05) is 32.8 Å². The summed E-state index contributed by atoms with van der Waals surface area (Å²) in [6.07, 6.45) is 8.63. The first-order chi connectivity index (χ1) is 15.2. The van der Waals surface area contributed by atoms with Crippen LogP contribution in [0.5, 0.6) is 0 Å². The average molecular weight is 422 g/mol. The Hall–Kier alpha value is -2.24. The lowest BCUT2D eigenvalue weighted by atomic mass is 9.95. The summed E-state index contributed by atoms with van der Waals surface area (Å²) in [6, 6.07) is 12.5. The number of ether oxygens (including phenoxy) is 1. The first kappa shape index (κ1) is 22.0.